The number of benzene rings is 1. The molecule has 0 fully saturated rings. The topological polar surface area (TPSA) is 76.9 Å². The molecular formula is C11H16N4O. The second kappa shape index (κ2) is 4.51. The van der Waals surface area contributed by atoms with Gasteiger partial charge in [-0.05, 0) is 6.07 Å². The average Bonchev–Trinajstić information content (AvgIpc) is 2.29. The predicted molar refractivity (Wildman–Crippen MR) is 63.2 cm³/mol. The molecule has 2 rings (SSSR count). The SMILES string of the molecule is COCCN1C(N)=Nc2ccccc2C1N. The molecule has 5 nitrogen and oxygen atoms in total. The van der Waals surface area contributed by atoms with E-state index in [4.69, 9.17) is 16.2 Å². The maximum atomic E-state index is 6.13. The number of rotatable bonds is 3. The summed E-state index contributed by atoms with van der Waals surface area (Å²) in [5.41, 5.74) is 13.8. The number of guanidine groups is 1. The minimum absolute atomic E-state index is 0.246. The van der Waals surface area contributed by atoms with E-state index in [2.05, 4.69) is 4.99 Å². The zero-order valence-corrected chi connectivity index (χ0v) is 9.26. The molecule has 1 aromatic rings. The van der Waals surface area contributed by atoms with Gasteiger partial charge in [0.05, 0.1) is 12.3 Å². The van der Waals surface area contributed by atoms with E-state index < -0.39 is 0 Å². The molecule has 0 saturated heterocycles. The number of hydrogen-bond acceptors (Lipinski definition) is 5. The van der Waals surface area contributed by atoms with E-state index >= 15 is 0 Å². The van der Waals surface area contributed by atoms with Gasteiger partial charge in [0.25, 0.3) is 0 Å². The van der Waals surface area contributed by atoms with Crippen LogP contribution in [0.2, 0.25) is 0 Å². The Hall–Kier alpha value is -1.59. The van der Waals surface area contributed by atoms with E-state index in [1.165, 1.54) is 0 Å². The van der Waals surface area contributed by atoms with Crippen LogP contribution < -0.4 is 11.5 Å². The molecule has 0 spiro atoms. The summed E-state index contributed by atoms with van der Waals surface area (Å²) in [4.78, 5) is 6.15. The molecule has 1 heterocycles. The lowest BCUT2D eigenvalue weighted by atomic mass is 10.1. The van der Waals surface area contributed by atoms with Crippen molar-refractivity contribution in [1.82, 2.24) is 4.90 Å². The monoisotopic (exact) mass is 220 g/mol. The lowest BCUT2D eigenvalue weighted by Crippen LogP contribution is -2.47. The Morgan fingerprint density at radius 3 is 2.94 bits per heavy atom. The number of para-hydroxylation sites is 1. The van der Waals surface area contributed by atoms with E-state index in [1.807, 2.05) is 29.2 Å². The Morgan fingerprint density at radius 2 is 2.19 bits per heavy atom. The van der Waals surface area contributed by atoms with Gasteiger partial charge in [-0.15, -0.1) is 0 Å². The summed E-state index contributed by atoms with van der Waals surface area (Å²) >= 11 is 0. The number of nitrogens with zero attached hydrogens (tertiary/aromatic N) is 2. The Bertz CT molecular complexity index is 405. The summed E-state index contributed by atoms with van der Waals surface area (Å²) in [6, 6.07) is 7.75. The number of aliphatic imine (C=N–C) groups is 1. The second-order valence-electron chi connectivity index (χ2n) is 3.66. The first-order chi connectivity index (χ1) is 7.74. The maximum Gasteiger partial charge on any atom is 0.198 e. The van der Waals surface area contributed by atoms with Gasteiger partial charge in [0.2, 0.25) is 0 Å². The molecule has 0 radical (unpaired) electrons. The summed E-state index contributed by atoms with van der Waals surface area (Å²) < 4.78 is 5.02. The highest BCUT2D eigenvalue weighted by molar-refractivity contribution is 5.84. The Balaban J connectivity index is 2.28. The highest BCUT2D eigenvalue weighted by atomic mass is 16.5. The molecule has 0 aromatic heterocycles. The lowest BCUT2D eigenvalue weighted by molar-refractivity contribution is 0.160. The lowest BCUT2D eigenvalue weighted by Gasteiger charge is -2.33. The van der Waals surface area contributed by atoms with Crippen LogP contribution in [0.15, 0.2) is 29.3 Å². The number of fused-ring (bicyclic) bond motifs is 1. The standard InChI is InChI=1S/C11H16N4O/c1-16-7-6-15-10(12)8-4-2-3-5-9(8)14-11(15)13/h2-5,10H,6-7,12H2,1H3,(H2,13,14). The smallest absolute Gasteiger partial charge is 0.198 e. The number of hydrogen-bond donors (Lipinski definition) is 2. The van der Waals surface area contributed by atoms with E-state index in [9.17, 15) is 0 Å². The van der Waals surface area contributed by atoms with Gasteiger partial charge >= 0.3 is 0 Å². The first kappa shape index (κ1) is 10.9. The Kier molecular flexibility index (Phi) is 3.07. The number of ether oxygens (including phenoxy) is 1. The van der Waals surface area contributed by atoms with Crippen LogP contribution in [0.25, 0.3) is 0 Å². The molecule has 0 amide bonds. The zero-order chi connectivity index (χ0) is 11.5. The van der Waals surface area contributed by atoms with Crippen LogP contribution in [0, 0.1) is 0 Å². The van der Waals surface area contributed by atoms with Crippen molar-refractivity contribution in [3.63, 3.8) is 0 Å². The van der Waals surface area contributed by atoms with Crippen LogP contribution in [-0.4, -0.2) is 31.1 Å². The normalized spacial score (nSPS) is 19.2. The van der Waals surface area contributed by atoms with Gasteiger partial charge in [-0.1, -0.05) is 18.2 Å². The van der Waals surface area contributed by atoms with Crippen molar-refractivity contribution in [1.29, 1.82) is 0 Å². The highest BCUT2D eigenvalue weighted by Gasteiger charge is 2.24. The minimum atomic E-state index is -0.246. The largest absolute Gasteiger partial charge is 0.383 e. The third-order valence-corrected chi connectivity index (χ3v) is 2.66. The van der Waals surface area contributed by atoms with E-state index in [-0.39, 0.29) is 6.17 Å². The zero-order valence-electron chi connectivity index (χ0n) is 9.26. The Morgan fingerprint density at radius 1 is 1.44 bits per heavy atom. The molecule has 5 heteroatoms. The Labute approximate surface area is 94.7 Å². The van der Waals surface area contributed by atoms with Crippen molar-refractivity contribution in [3.05, 3.63) is 29.8 Å². The molecule has 1 aliphatic rings. The van der Waals surface area contributed by atoms with Gasteiger partial charge in [0.15, 0.2) is 5.96 Å². The quantitative estimate of drug-likeness (QED) is 0.780. The van der Waals surface area contributed by atoms with Crippen molar-refractivity contribution >= 4 is 11.6 Å². The van der Waals surface area contributed by atoms with Crippen LogP contribution in [0.4, 0.5) is 5.69 Å². The van der Waals surface area contributed by atoms with Gasteiger partial charge in [-0.25, -0.2) is 4.99 Å². The molecule has 1 aliphatic heterocycles. The van der Waals surface area contributed by atoms with Crippen LogP contribution in [0.3, 0.4) is 0 Å². The molecule has 1 aromatic carbocycles. The summed E-state index contributed by atoms with van der Waals surface area (Å²) in [5, 5.41) is 0. The van der Waals surface area contributed by atoms with Crippen LogP contribution in [-0.2, 0) is 4.74 Å². The van der Waals surface area contributed by atoms with Crippen molar-refractivity contribution in [2.24, 2.45) is 16.5 Å². The van der Waals surface area contributed by atoms with Crippen molar-refractivity contribution < 1.29 is 4.74 Å². The van der Waals surface area contributed by atoms with Gasteiger partial charge in [-0.2, -0.15) is 0 Å². The first-order valence-electron chi connectivity index (χ1n) is 5.18. The summed E-state index contributed by atoms with van der Waals surface area (Å²) in [5.74, 6) is 0.447. The average molecular weight is 220 g/mol. The summed E-state index contributed by atoms with van der Waals surface area (Å²) in [6.07, 6.45) is -0.246. The van der Waals surface area contributed by atoms with Gasteiger partial charge in [0, 0.05) is 19.2 Å². The highest BCUT2D eigenvalue weighted by Crippen LogP contribution is 2.30. The molecule has 1 unspecified atom stereocenters. The molecule has 1 atom stereocenters. The number of nitrogens with two attached hydrogens (primary N) is 2. The van der Waals surface area contributed by atoms with Crippen molar-refractivity contribution in [2.45, 2.75) is 6.17 Å². The van der Waals surface area contributed by atoms with Crippen LogP contribution in [0.5, 0.6) is 0 Å². The summed E-state index contributed by atoms with van der Waals surface area (Å²) in [7, 11) is 1.65. The second-order valence-corrected chi connectivity index (χ2v) is 3.66. The molecule has 0 aliphatic carbocycles. The van der Waals surface area contributed by atoms with E-state index in [0.717, 1.165) is 11.3 Å². The maximum absolute atomic E-state index is 6.13. The fourth-order valence-electron chi connectivity index (χ4n) is 1.78. The molecule has 16 heavy (non-hydrogen) atoms. The van der Waals surface area contributed by atoms with E-state index in [0.29, 0.717) is 19.1 Å². The third-order valence-electron chi connectivity index (χ3n) is 2.66. The van der Waals surface area contributed by atoms with Crippen molar-refractivity contribution in [2.75, 3.05) is 20.3 Å². The fourth-order valence-corrected chi connectivity index (χ4v) is 1.78. The van der Waals surface area contributed by atoms with Gasteiger partial charge in [0.1, 0.15) is 6.17 Å². The molecule has 0 bridgehead atoms. The predicted octanol–water partition coefficient (Wildman–Crippen LogP) is 0.552. The first-order valence-corrected chi connectivity index (χ1v) is 5.18. The van der Waals surface area contributed by atoms with Crippen molar-refractivity contribution in [3.8, 4) is 0 Å². The molecule has 86 valence electrons. The van der Waals surface area contributed by atoms with Gasteiger partial charge < -0.3 is 21.1 Å². The third kappa shape index (κ3) is 1.87. The van der Waals surface area contributed by atoms with Crippen LogP contribution >= 0.6 is 0 Å². The molecular weight excluding hydrogens is 204 g/mol. The summed E-state index contributed by atoms with van der Waals surface area (Å²) in [6.45, 7) is 1.22. The van der Waals surface area contributed by atoms with Gasteiger partial charge in [-0.3, -0.25) is 0 Å². The molecule has 0 saturated carbocycles. The van der Waals surface area contributed by atoms with Crippen LogP contribution in [0.1, 0.15) is 11.7 Å². The van der Waals surface area contributed by atoms with E-state index in [1.54, 1.807) is 7.11 Å². The molecule has 4 N–H and O–H groups in total. The number of methoxy groups -OCH3 is 1. The minimum Gasteiger partial charge on any atom is -0.383 e. The fraction of sp³-hybridized carbons (Fsp3) is 0.364.